The van der Waals surface area contributed by atoms with Crippen LogP contribution >= 0.6 is 15.9 Å². The maximum absolute atomic E-state index is 11.6. The zero-order valence-electron chi connectivity index (χ0n) is 17.6. The fourth-order valence-electron chi connectivity index (χ4n) is 8.91. The highest BCUT2D eigenvalue weighted by atomic mass is 79.9. The van der Waals surface area contributed by atoms with Gasteiger partial charge in [0, 0.05) is 30.6 Å². The van der Waals surface area contributed by atoms with Crippen molar-refractivity contribution in [1.82, 2.24) is 0 Å². The molecule has 2 bridgehead atoms. The molecule has 0 radical (unpaired) electrons. The second-order valence-electron chi connectivity index (χ2n) is 10.8. The lowest BCUT2D eigenvalue weighted by Gasteiger charge is -2.63. The molecule has 162 valence electrons. The first kappa shape index (κ1) is 19.5. The summed E-state index contributed by atoms with van der Waals surface area (Å²) in [5.74, 6) is 1.52. The lowest BCUT2D eigenvalue weighted by molar-refractivity contribution is -0.245. The van der Waals surface area contributed by atoms with Crippen molar-refractivity contribution >= 4 is 21.9 Å². The van der Waals surface area contributed by atoms with Crippen molar-refractivity contribution in [2.75, 3.05) is 19.8 Å². The van der Waals surface area contributed by atoms with Crippen LogP contribution in [0.25, 0.3) is 0 Å². The molecule has 5 nitrogen and oxygen atoms in total. The number of esters is 1. The molecule has 6 rings (SSSR count). The van der Waals surface area contributed by atoms with Gasteiger partial charge in [-0.15, -0.1) is 0 Å². The minimum atomic E-state index is -0.337. The molecule has 0 N–H and O–H groups in total. The van der Waals surface area contributed by atoms with E-state index >= 15 is 0 Å². The molecule has 0 aromatic rings. The van der Waals surface area contributed by atoms with Crippen LogP contribution in [0, 0.1) is 28.6 Å². The Hall–Kier alpha value is -0.170. The second kappa shape index (κ2) is 6.20. The maximum Gasteiger partial charge on any atom is 0.302 e. The standard InChI is InChI=1S/C23H33BrO5/c1-14(25)29-15-3-7-21-13-26-19(22(21,24)12-15)11-16-17-5-8-23(27-9-10-28-23)20(17,2)6-4-18(16)21/h15-19H,3-13H2,1-2H3/t15-,16-,17-,18-,19-,20-,21-,22+/m1/s1. The highest BCUT2D eigenvalue weighted by Gasteiger charge is 2.74. The van der Waals surface area contributed by atoms with E-state index in [0.717, 1.165) is 51.9 Å². The molecule has 2 saturated heterocycles. The van der Waals surface area contributed by atoms with Crippen LogP contribution in [0.15, 0.2) is 0 Å². The van der Waals surface area contributed by atoms with Gasteiger partial charge in [0.15, 0.2) is 5.79 Å². The van der Waals surface area contributed by atoms with Crippen LogP contribution in [-0.2, 0) is 23.7 Å². The van der Waals surface area contributed by atoms with Gasteiger partial charge in [0.25, 0.3) is 0 Å². The molecular weight excluding hydrogens is 436 g/mol. The normalized spacial score (nSPS) is 54.7. The molecule has 4 saturated carbocycles. The van der Waals surface area contributed by atoms with E-state index < -0.39 is 0 Å². The van der Waals surface area contributed by atoms with E-state index in [1.54, 1.807) is 0 Å². The summed E-state index contributed by atoms with van der Waals surface area (Å²) >= 11 is 4.23. The predicted molar refractivity (Wildman–Crippen MR) is 110 cm³/mol. The van der Waals surface area contributed by atoms with Crippen molar-refractivity contribution in [1.29, 1.82) is 0 Å². The van der Waals surface area contributed by atoms with Gasteiger partial charge in [-0.3, -0.25) is 4.79 Å². The minimum absolute atomic E-state index is 0.0182. The van der Waals surface area contributed by atoms with Crippen LogP contribution in [0.1, 0.15) is 65.2 Å². The number of hydrogen-bond acceptors (Lipinski definition) is 5. The summed E-state index contributed by atoms with van der Waals surface area (Å²) in [6.07, 6.45) is 8.96. The third-order valence-corrected chi connectivity index (χ3v) is 11.7. The SMILES string of the molecule is CC(=O)O[C@@H]1CC[C@@]23CO[C@H](C[C@H]4[C@H]2CC[C@]2(C)[C@@H]4CCC24OCCO4)[C@@]3(Br)C1. The molecule has 0 amide bonds. The molecule has 0 aromatic carbocycles. The highest BCUT2D eigenvalue weighted by molar-refractivity contribution is 9.10. The van der Waals surface area contributed by atoms with E-state index in [2.05, 4.69) is 22.9 Å². The lowest BCUT2D eigenvalue weighted by Crippen LogP contribution is -2.64. The zero-order chi connectivity index (χ0) is 20.1. The van der Waals surface area contributed by atoms with E-state index in [4.69, 9.17) is 18.9 Å². The van der Waals surface area contributed by atoms with Crippen LogP contribution in [0.5, 0.6) is 0 Å². The van der Waals surface area contributed by atoms with E-state index in [-0.39, 0.29) is 39.1 Å². The molecule has 0 aromatic heterocycles. The minimum Gasteiger partial charge on any atom is -0.463 e. The first-order valence-electron chi connectivity index (χ1n) is 11.6. The van der Waals surface area contributed by atoms with Gasteiger partial charge in [-0.2, -0.15) is 0 Å². The van der Waals surface area contributed by atoms with Gasteiger partial charge in [0.2, 0.25) is 0 Å². The highest BCUT2D eigenvalue weighted by Crippen LogP contribution is 2.74. The summed E-state index contributed by atoms with van der Waals surface area (Å²) in [6, 6.07) is 0. The Labute approximate surface area is 181 Å². The Balaban J connectivity index is 1.32. The Morgan fingerprint density at radius 1 is 1.07 bits per heavy atom. The quantitative estimate of drug-likeness (QED) is 0.426. The summed E-state index contributed by atoms with van der Waals surface area (Å²) in [5.41, 5.74) is 0.299. The Morgan fingerprint density at radius 2 is 1.83 bits per heavy atom. The van der Waals surface area contributed by atoms with Crippen molar-refractivity contribution in [2.24, 2.45) is 28.6 Å². The maximum atomic E-state index is 11.6. The molecule has 2 aliphatic heterocycles. The van der Waals surface area contributed by atoms with Gasteiger partial charge in [-0.1, -0.05) is 22.9 Å². The Morgan fingerprint density at radius 3 is 2.59 bits per heavy atom. The van der Waals surface area contributed by atoms with E-state index in [1.807, 2.05) is 0 Å². The molecule has 29 heavy (non-hydrogen) atoms. The molecule has 6 heteroatoms. The number of rotatable bonds is 1. The first-order valence-corrected chi connectivity index (χ1v) is 12.4. The number of hydrogen-bond donors (Lipinski definition) is 0. The molecule has 8 atom stereocenters. The second-order valence-corrected chi connectivity index (χ2v) is 12.3. The van der Waals surface area contributed by atoms with Crippen molar-refractivity contribution in [3.8, 4) is 0 Å². The molecular formula is C23H33BrO5. The molecule has 2 heterocycles. The van der Waals surface area contributed by atoms with Crippen LogP contribution in [0.4, 0.5) is 0 Å². The summed E-state index contributed by atoms with van der Waals surface area (Å²) < 4.78 is 24.7. The van der Waals surface area contributed by atoms with Gasteiger partial charge in [0.05, 0.1) is 30.2 Å². The van der Waals surface area contributed by atoms with Crippen LogP contribution < -0.4 is 0 Å². The third kappa shape index (κ3) is 2.30. The molecule has 1 spiro atoms. The monoisotopic (exact) mass is 468 g/mol. The smallest absolute Gasteiger partial charge is 0.302 e. The fourth-order valence-corrected chi connectivity index (χ4v) is 10.2. The van der Waals surface area contributed by atoms with E-state index in [9.17, 15) is 4.79 Å². The summed E-state index contributed by atoms with van der Waals surface area (Å²) in [4.78, 5) is 11.6. The van der Waals surface area contributed by atoms with Gasteiger partial charge in [-0.25, -0.2) is 0 Å². The fraction of sp³-hybridized carbons (Fsp3) is 0.957. The number of halogens is 1. The van der Waals surface area contributed by atoms with Crippen molar-refractivity contribution < 1.29 is 23.7 Å². The van der Waals surface area contributed by atoms with Crippen molar-refractivity contribution in [2.45, 2.75) is 87.5 Å². The molecule has 4 aliphatic carbocycles. The van der Waals surface area contributed by atoms with Gasteiger partial charge in [-0.05, 0) is 56.3 Å². The number of carbonyl (C=O) groups excluding carboxylic acids is 1. The topological polar surface area (TPSA) is 54.0 Å². The Kier molecular flexibility index (Phi) is 4.17. The van der Waals surface area contributed by atoms with Crippen LogP contribution in [-0.4, -0.2) is 48.1 Å². The van der Waals surface area contributed by atoms with Gasteiger partial charge in [0.1, 0.15) is 6.10 Å². The van der Waals surface area contributed by atoms with Gasteiger partial charge < -0.3 is 18.9 Å². The number of carbonyl (C=O) groups is 1. The van der Waals surface area contributed by atoms with Crippen molar-refractivity contribution in [3.05, 3.63) is 0 Å². The van der Waals surface area contributed by atoms with Crippen molar-refractivity contribution in [3.63, 3.8) is 0 Å². The van der Waals surface area contributed by atoms with Crippen LogP contribution in [0.3, 0.4) is 0 Å². The summed E-state index contributed by atoms with van der Waals surface area (Å²) in [5, 5.41) is 0. The number of alkyl halides is 1. The third-order valence-electron chi connectivity index (χ3n) is 10.1. The molecule has 6 aliphatic rings. The first-order chi connectivity index (χ1) is 13.8. The molecule has 6 fully saturated rings. The number of fused-ring (bicyclic) bond motifs is 4. The summed E-state index contributed by atoms with van der Waals surface area (Å²) in [6.45, 7) is 6.32. The summed E-state index contributed by atoms with van der Waals surface area (Å²) in [7, 11) is 0. The lowest BCUT2D eigenvalue weighted by atomic mass is 9.44. The van der Waals surface area contributed by atoms with E-state index in [1.165, 1.54) is 26.2 Å². The Bertz CT molecular complexity index is 722. The zero-order valence-corrected chi connectivity index (χ0v) is 19.2. The predicted octanol–water partition coefficient (Wildman–Crippen LogP) is 4.21. The van der Waals surface area contributed by atoms with E-state index in [0.29, 0.717) is 17.8 Å². The van der Waals surface area contributed by atoms with Crippen LogP contribution in [0.2, 0.25) is 0 Å². The molecule has 0 unspecified atom stereocenters. The van der Waals surface area contributed by atoms with Gasteiger partial charge >= 0.3 is 5.97 Å². The number of ether oxygens (including phenoxy) is 4. The average Bonchev–Trinajstić information content (AvgIpc) is 3.30. The largest absolute Gasteiger partial charge is 0.463 e. The average molecular weight is 469 g/mol.